The van der Waals surface area contributed by atoms with Gasteiger partial charge in [-0.05, 0) is 116 Å². The van der Waals surface area contributed by atoms with E-state index >= 15 is 0 Å². The average Bonchev–Trinajstić information content (AvgIpc) is 1.04. The number of rotatable bonds is 18. The van der Waals surface area contributed by atoms with Crippen molar-refractivity contribution in [1.82, 2.24) is 45.1 Å². The van der Waals surface area contributed by atoms with Crippen molar-refractivity contribution in [3.05, 3.63) is 239 Å². The van der Waals surface area contributed by atoms with Crippen LogP contribution in [0.15, 0.2) is 189 Å². The van der Waals surface area contributed by atoms with E-state index in [0.29, 0.717) is 128 Å². The number of amidine groups is 2. The van der Waals surface area contributed by atoms with E-state index in [1.165, 1.54) is 73.3 Å². The largest absolute Gasteiger partial charge is 0.466 e. The Labute approximate surface area is 606 Å². The molecule has 0 saturated carbocycles. The third-order valence-corrected chi connectivity index (χ3v) is 21.0. The number of anilines is 1. The highest BCUT2D eigenvalue weighted by atomic mass is 35.5. The van der Waals surface area contributed by atoms with E-state index in [2.05, 4.69) is 54.7 Å². The van der Waals surface area contributed by atoms with Crippen LogP contribution in [-0.4, -0.2) is 172 Å². The molecule has 0 radical (unpaired) electrons. The van der Waals surface area contributed by atoms with Gasteiger partial charge in [0.05, 0.1) is 48.7 Å². The summed E-state index contributed by atoms with van der Waals surface area (Å²) >= 11 is 15.8. The lowest BCUT2D eigenvalue weighted by molar-refractivity contribution is -0.137. The number of halogens is 4. The molecule has 6 aromatic carbocycles. The molecule has 0 bridgehead atoms. The highest BCUT2D eigenvalue weighted by molar-refractivity contribution is 7.12. The Balaban J connectivity index is 0.000000182. The number of piperazine rings is 2. The number of urea groups is 2. The number of benzene rings is 6. The molecule has 6 aliphatic heterocycles. The highest BCUT2D eigenvalue weighted by Gasteiger charge is 2.45. The van der Waals surface area contributed by atoms with E-state index in [0.717, 1.165) is 33.5 Å². The van der Waals surface area contributed by atoms with Gasteiger partial charge in [-0.1, -0.05) is 96.0 Å². The SMILES string of the molecule is COC(=O)C1=C(CN2CCN3C(=O)N(Cc4ccc(-c5ccc(C(C)(C)O)cc5)cc4)C[C@@H]3C2)NC(c2nccs2)=N[C@H]1c1ccc(F)cc1Cl.COC(=O)C1=C(CN2CCN3C(=O)N(c4ccc(Oc5ccc(C(C)(C)O)cc5)cc4)C[C@@H]3C2)NC(c2nccs2)=N[C@H]1c1ccc(F)cc1Cl. The Morgan fingerprint density at radius 2 is 1.01 bits per heavy atom. The summed E-state index contributed by atoms with van der Waals surface area (Å²) < 4.78 is 44.5. The van der Waals surface area contributed by atoms with Gasteiger partial charge in [-0.2, -0.15) is 0 Å². The predicted molar refractivity (Wildman–Crippen MR) is 388 cm³/mol. The van der Waals surface area contributed by atoms with E-state index in [1.807, 2.05) is 98.3 Å². The summed E-state index contributed by atoms with van der Waals surface area (Å²) in [6.45, 7) is 12.6. The van der Waals surface area contributed by atoms with Crippen molar-refractivity contribution in [2.75, 3.05) is 84.6 Å². The fourth-order valence-corrected chi connectivity index (χ4v) is 15.2. The lowest BCUT2D eigenvalue weighted by Crippen LogP contribution is -2.53. The number of methoxy groups -OCH3 is 2. The van der Waals surface area contributed by atoms with Gasteiger partial charge < -0.3 is 49.8 Å². The number of nitrogens with one attached hydrogen (secondary N) is 2. The quantitative estimate of drug-likeness (QED) is 0.0585. The van der Waals surface area contributed by atoms with Gasteiger partial charge in [-0.3, -0.25) is 24.7 Å². The van der Waals surface area contributed by atoms with Crippen LogP contribution < -0.4 is 20.3 Å². The maximum Gasteiger partial charge on any atom is 0.338 e. The summed E-state index contributed by atoms with van der Waals surface area (Å²) in [5.41, 5.74) is 6.40. The van der Waals surface area contributed by atoms with Gasteiger partial charge in [0.25, 0.3) is 0 Å². The standard InChI is InChI=1S/C38H38ClFN6O4S.C37H36ClFN6O5S/c1-38(2,49)26-10-8-25(9-11-26)24-6-4-23(5-7-24)19-45-21-28-20-44(15-16-46(28)37(45)48)22-31-32(36(47)50-3)33(29-13-12-27(40)18-30(29)39)43-34(42-31)35-41-14-17-51-35;1-37(2,48)22-4-9-26(10-5-22)50-27-11-7-24(8-12-27)45-20-25-19-43(15-16-44(25)36(45)47)21-30-31(35(46)49-3)32(28-13-6-23(39)18-29(28)38)42-33(41-30)34-40-14-17-51-34/h4-14,17-18,28,33,49H,15-16,19-22H2,1-3H3,(H,42,43);4-14,17-18,25,32,48H,15-16,19-21H2,1-3H3,(H,41,42)/t28-,33-;25-,32-/m00/s1. The number of hydrogen-bond donors (Lipinski definition) is 4. The number of aliphatic imine (C=N–C) groups is 2. The average molecular weight is 1460 g/mol. The number of esters is 2. The topological polar surface area (TPSA) is 230 Å². The molecule has 102 heavy (non-hydrogen) atoms. The van der Waals surface area contributed by atoms with Gasteiger partial charge in [-0.15, -0.1) is 22.7 Å². The Morgan fingerprint density at radius 3 is 1.45 bits per heavy atom. The van der Waals surface area contributed by atoms with Crippen LogP contribution in [0.3, 0.4) is 0 Å². The van der Waals surface area contributed by atoms with Crippen molar-refractivity contribution in [3.8, 4) is 22.6 Å². The first-order chi connectivity index (χ1) is 49.0. The predicted octanol–water partition coefficient (Wildman–Crippen LogP) is 12.1. The molecule has 528 valence electrons. The lowest BCUT2D eigenvalue weighted by atomic mass is 9.95. The number of aromatic nitrogens is 2. The third kappa shape index (κ3) is 15.5. The van der Waals surface area contributed by atoms with Gasteiger partial charge in [0.2, 0.25) is 0 Å². The maximum absolute atomic E-state index is 14.0. The zero-order valence-corrected chi connectivity index (χ0v) is 59.8. The summed E-state index contributed by atoms with van der Waals surface area (Å²) in [5.74, 6) is 0.0825. The molecule has 0 aliphatic carbocycles. The number of aliphatic hydroxyl groups is 2. The van der Waals surface area contributed by atoms with Gasteiger partial charge >= 0.3 is 24.0 Å². The molecule has 6 aliphatic rings. The fourth-order valence-electron chi connectivity index (χ4n) is 13.5. The van der Waals surface area contributed by atoms with Crippen LogP contribution in [0.2, 0.25) is 10.0 Å². The molecule has 0 spiro atoms. The number of carbonyl (C=O) groups excluding carboxylic acids is 4. The highest BCUT2D eigenvalue weighted by Crippen LogP contribution is 2.41. The van der Waals surface area contributed by atoms with Crippen LogP contribution in [0.5, 0.6) is 11.5 Å². The number of hydrogen-bond acceptors (Lipinski definition) is 19. The van der Waals surface area contributed by atoms with Crippen LogP contribution in [0, 0.1) is 11.6 Å². The molecule has 4 N–H and O–H groups in total. The maximum atomic E-state index is 14.0. The van der Waals surface area contributed by atoms with Gasteiger partial charge in [-0.25, -0.2) is 37.9 Å². The van der Waals surface area contributed by atoms with Crippen molar-refractivity contribution in [3.63, 3.8) is 0 Å². The van der Waals surface area contributed by atoms with Crippen LogP contribution in [0.1, 0.15) is 77.6 Å². The molecule has 27 heteroatoms. The zero-order valence-electron chi connectivity index (χ0n) is 56.7. The second-order valence-corrected chi connectivity index (χ2v) is 29.1. The zero-order chi connectivity index (χ0) is 71.7. The Morgan fingerprint density at radius 1 is 0.569 bits per heavy atom. The minimum absolute atomic E-state index is 0.0143. The van der Waals surface area contributed by atoms with Gasteiger partial charge in [0, 0.05) is 133 Å². The molecular formula is C75H74Cl2F2N12O9S2. The molecule has 8 aromatic rings. The van der Waals surface area contributed by atoms with E-state index in [9.17, 15) is 38.2 Å². The number of amides is 4. The number of carbonyl (C=O) groups is 4. The van der Waals surface area contributed by atoms with Gasteiger partial charge in [0.1, 0.15) is 35.2 Å². The van der Waals surface area contributed by atoms with Crippen LogP contribution >= 0.6 is 45.9 Å². The number of thiazole rings is 2. The lowest BCUT2D eigenvalue weighted by Gasteiger charge is -2.38. The minimum atomic E-state index is -0.938. The summed E-state index contributed by atoms with van der Waals surface area (Å²) in [6.07, 6.45) is 3.35. The smallest absolute Gasteiger partial charge is 0.338 e. The second kappa shape index (κ2) is 29.9. The molecule has 4 atom stereocenters. The fraction of sp³-hybridized carbons (Fsp3) is 0.307. The number of nitrogens with zero attached hydrogens (tertiary/aromatic N) is 10. The van der Waals surface area contributed by atoms with Crippen molar-refractivity contribution >= 4 is 87.2 Å². The third-order valence-electron chi connectivity index (χ3n) is 18.8. The normalized spacial score (nSPS) is 19.5. The molecular weight excluding hydrogens is 1390 g/mol. The Bertz CT molecular complexity index is 4570. The Hall–Kier alpha value is -9.44. The monoisotopic (exact) mass is 1460 g/mol. The van der Waals surface area contributed by atoms with Crippen molar-refractivity contribution < 1.29 is 52.4 Å². The summed E-state index contributed by atoms with van der Waals surface area (Å²) in [6, 6.07) is 37.0. The van der Waals surface area contributed by atoms with Crippen molar-refractivity contribution in [2.24, 2.45) is 9.98 Å². The van der Waals surface area contributed by atoms with E-state index in [4.69, 9.17) is 47.4 Å². The van der Waals surface area contributed by atoms with Crippen LogP contribution in [0.4, 0.5) is 24.1 Å². The van der Waals surface area contributed by atoms with Crippen LogP contribution in [-0.2, 0) is 36.8 Å². The number of fused-ring (bicyclic) bond motifs is 2. The first kappa shape index (κ1) is 71.0. The first-order valence-electron chi connectivity index (χ1n) is 33.1. The molecule has 4 amide bonds. The first-order valence-corrected chi connectivity index (χ1v) is 35.6. The van der Waals surface area contributed by atoms with Gasteiger partial charge in [0.15, 0.2) is 21.7 Å². The van der Waals surface area contributed by atoms with Crippen LogP contribution in [0.25, 0.3) is 11.1 Å². The number of ether oxygens (including phenoxy) is 3. The van der Waals surface area contributed by atoms with E-state index in [1.54, 1.807) is 45.0 Å². The molecule has 21 nitrogen and oxygen atoms in total. The molecule has 8 heterocycles. The van der Waals surface area contributed by atoms with Crippen molar-refractivity contribution in [1.29, 1.82) is 0 Å². The molecule has 4 saturated heterocycles. The van der Waals surface area contributed by atoms with Crippen molar-refractivity contribution in [2.45, 2.75) is 69.6 Å². The molecule has 14 rings (SSSR count). The minimum Gasteiger partial charge on any atom is -0.466 e. The Kier molecular flexibility index (Phi) is 20.8. The van der Waals surface area contributed by atoms with E-state index < -0.39 is 46.9 Å². The molecule has 4 fully saturated rings. The van der Waals surface area contributed by atoms with E-state index in [-0.39, 0.29) is 45.3 Å². The summed E-state index contributed by atoms with van der Waals surface area (Å²) in [5, 5.41) is 32.4. The summed E-state index contributed by atoms with van der Waals surface area (Å²) in [4.78, 5) is 84.2. The molecule has 2 aromatic heterocycles. The summed E-state index contributed by atoms with van der Waals surface area (Å²) in [7, 11) is 2.62. The second-order valence-electron chi connectivity index (χ2n) is 26.5. The molecule has 0 unspecified atom stereocenters.